The number of hydrogen-bond donors (Lipinski definition) is 1. The lowest BCUT2D eigenvalue weighted by atomic mass is 10.1. The largest absolute Gasteiger partial charge is 0.487 e. The Morgan fingerprint density at radius 2 is 1.74 bits per heavy atom. The lowest BCUT2D eigenvalue weighted by molar-refractivity contribution is -0.112. The third kappa shape index (κ3) is 5.84. The molecule has 156 valence electrons. The zero-order valence-electron chi connectivity index (χ0n) is 17.1. The maximum absolute atomic E-state index is 12.7. The molecule has 0 atom stereocenters. The molecule has 1 N–H and O–H groups in total. The summed E-state index contributed by atoms with van der Waals surface area (Å²) in [4.78, 5) is 12.7. The van der Waals surface area contributed by atoms with Gasteiger partial charge in [-0.3, -0.25) is 4.79 Å². The summed E-state index contributed by atoms with van der Waals surface area (Å²) < 4.78 is 7.37. The maximum atomic E-state index is 12.7. The molecule has 3 aromatic carbocycles. The molecule has 3 rings (SSSR count). The number of halogens is 2. The molecule has 0 spiro atoms. The van der Waals surface area contributed by atoms with E-state index in [4.69, 9.17) is 4.74 Å². The van der Waals surface area contributed by atoms with Gasteiger partial charge in [-0.05, 0) is 92.2 Å². The van der Waals surface area contributed by atoms with E-state index >= 15 is 0 Å². The molecule has 0 aliphatic rings. The second-order valence-electron chi connectivity index (χ2n) is 6.96. The van der Waals surface area contributed by atoms with E-state index in [1.807, 2.05) is 80.6 Å². The maximum Gasteiger partial charge on any atom is 0.266 e. The monoisotopic (exact) mass is 538 g/mol. The zero-order valence-corrected chi connectivity index (χ0v) is 20.2. The molecule has 0 aliphatic carbocycles. The lowest BCUT2D eigenvalue weighted by Gasteiger charge is -2.12. The van der Waals surface area contributed by atoms with Gasteiger partial charge in [-0.2, -0.15) is 5.26 Å². The van der Waals surface area contributed by atoms with Gasteiger partial charge in [0.05, 0.1) is 8.95 Å². The number of rotatable bonds is 6. The topological polar surface area (TPSA) is 62.1 Å². The average molecular weight is 540 g/mol. The molecule has 1 amide bonds. The number of aryl methyl sites for hydroxylation is 1. The Kier molecular flexibility index (Phi) is 7.67. The van der Waals surface area contributed by atoms with Crippen LogP contribution < -0.4 is 10.1 Å². The number of carbonyl (C=O) groups is 1. The first-order chi connectivity index (χ1) is 14.9. The van der Waals surface area contributed by atoms with Crippen molar-refractivity contribution in [2.75, 3.05) is 5.32 Å². The van der Waals surface area contributed by atoms with Crippen molar-refractivity contribution in [1.29, 1.82) is 5.26 Å². The van der Waals surface area contributed by atoms with Gasteiger partial charge in [-0.1, -0.05) is 42.5 Å². The first-order valence-electron chi connectivity index (χ1n) is 9.54. The fraction of sp³-hybridized carbons (Fsp3) is 0.120. The Labute approximate surface area is 198 Å². The van der Waals surface area contributed by atoms with Crippen LogP contribution in [0.15, 0.2) is 75.2 Å². The van der Waals surface area contributed by atoms with Gasteiger partial charge < -0.3 is 10.1 Å². The fourth-order valence-corrected chi connectivity index (χ4v) is 4.37. The lowest BCUT2D eigenvalue weighted by Crippen LogP contribution is -2.14. The van der Waals surface area contributed by atoms with E-state index in [-0.39, 0.29) is 5.57 Å². The van der Waals surface area contributed by atoms with Crippen LogP contribution in [0, 0.1) is 25.2 Å². The van der Waals surface area contributed by atoms with Gasteiger partial charge in [0.25, 0.3) is 5.91 Å². The van der Waals surface area contributed by atoms with Crippen molar-refractivity contribution in [1.82, 2.24) is 0 Å². The number of nitrogens with one attached hydrogen (secondary N) is 1. The number of anilines is 1. The van der Waals surface area contributed by atoms with Gasteiger partial charge in [-0.25, -0.2) is 0 Å². The van der Waals surface area contributed by atoms with E-state index < -0.39 is 5.91 Å². The number of benzene rings is 3. The SMILES string of the molecule is Cc1cccc(NC(=O)/C(C#N)=C/c2cc(Br)c(OCc3ccccc3)c(Br)c2)c1C. The summed E-state index contributed by atoms with van der Waals surface area (Å²) in [6.45, 7) is 4.33. The second-order valence-corrected chi connectivity index (χ2v) is 8.67. The number of carbonyl (C=O) groups excluding carboxylic acids is 1. The Morgan fingerprint density at radius 3 is 2.39 bits per heavy atom. The minimum Gasteiger partial charge on any atom is -0.487 e. The van der Waals surface area contributed by atoms with Crippen LogP contribution >= 0.6 is 31.9 Å². The molecule has 0 aliphatic heterocycles. The number of hydrogen-bond acceptors (Lipinski definition) is 3. The molecule has 0 unspecified atom stereocenters. The molecular formula is C25H20Br2N2O2. The Bertz CT molecular complexity index is 1160. The third-order valence-corrected chi connectivity index (χ3v) is 5.95. The van der Waals surface area contributed by atoms with Gasteiger partial charge in [0.1, 0.15) is 24.0 Å². The summed E-state index contributed by atoms with van der Waals surface area (Å²) in [7, 11) is 0. The molecular weight excluding hydrogens is 520 g/mol. The standard InChI is InChI=1S/C25H20Br2N2O2/c1-16-7-6-10-23(17(16)2)29-25(30)20(14-28)11-19-12-21(26)24(22(27)13-19)31-15-18-8-4-3-5-9-18/h3-13H,15H2,1-2H3,(H,29,30)/b20-11+. The molecule has 3 aromatic rings. The normalized spacial score (nSPS) is 11.0. The highest BCUT2D eigenvalue weighted by molar-refractivity contribution is 9.11. The summed E-state index contributed by atoms with van der Waals surface area (Å²) in [6, 6.07) is 21.2. The highest BCUT2D eigenvalue weighted by Gasteiger charge is 2.14. The molecule has 4 nitrogen and oxygen atoms in total. The van der Waals surface area contributed by atoms with Crippen molar-refractivity contribution >= 4 is 49.5 Å². The molecule has 0 bridgehead atoms. The van der Waals surface area contributed by atoms with Gasteiger partial charge >= 0.3 is 0 Å². The van der Waals surface area contributed by atoms with Crippen LogP contribution in [0.1, 0.15) is 22.3 Å². The summed E-state index contributed by atoms with van der Waals surface area (Å²) in [5.41, 5.74) is 4.49. The number of amides is 1. The predicted octanol–water partition coefficient (Wildman–Crippen LogP) is 6.95. The highest BCUT2D eigenvalue weighted by Crippen LogP contribution is 2.36. The Hall–Kier alpha value is -2.88. The van der Waals surface area contributed by atoms with Crippen LogP contribution in [0.4, 0.5) is 5.69 Å². The van der Waals surface area contributed by atoms with Crippen LogP contribution in [0.3, 0.4) is 0 Å². The third-order valence-electron chi connectivity index (χ3n) is 4.78. The molecule has 6 heteroatoms. The highest BCUT2D eigenvalue weighted by atomic mass is 79.9. The minimum absolute atomic E-state index is 0.0117. The van der Waals surface area contributed by atoms with Crippen LogP contribution in [0.5, 0.6) is 5.75 Å². The van der Waals surface area contributed by atoms with Crippen molar-refractivity contribution in [3.8, 4) is 11.8 Å². The number of nitrogens with zero attached hydrogens (tertiary/aromatic N) is 1. The molecule has 0 heterocycles. The number of ether oxygens (including phenoxy) is 1. The van der Waals surface area contributed by atoms with Gasteiger partial charge in [0.2, 0.25) is 0 Å². The van der Waals surface area contributed by atoms with E-state index in [2.05, 4.69) is 37.2 Å². The summed E-state index contributed by atoms with van der Waals surface area (Å²) in [5.74, 6) is 0.201. The molecule has 0 fully saturated rings. The summed E-state index contributed by atoms with van der Waals surface area (Å²) in [5, 5.41) is 12.4. The summed E-state index contributed by atoms with van der Waals surface area (Å²) in [6.07, 6.45) is 1.55. The molecule has 31 heavy (non-hydrogen) atoms. The number of nitriles is 1. The van der Waals surface area contributed by atoms with Gasteiger partial charge in [0.15, 0.2) is 0 Å². The van der Waals surface area contributed by atoms with Crippen molar-refractivity contribution in [3.63, 3.8) is 0 Å². The van der Waals surface area contributed by atoms with Crippen LogP contribution in [-0.4, -0.2) is 5.91 Å². The quantitative estimate of drug-likeness (QED) is 0.272. The van der Waals surface area contributed by atoms with Crippen molar-refractivity contribution in [2.24, 2.45) is 0 Å². The summed E-state index contributed by atoms with van der Waals surface area (Å²) >= 11 is 7.05. The van der Waals surface area contributed by atoms with E-state index in [1.54, 1.807) is 6.08 Å². The minimum atomic E-state index is -0.451. The van der Waals surface area contributed by atoms with Crippen LogP contribution in [0.25, 0.3) is 6.08 Å². The van der Waals surface area contributed by atoms with Crippen LogP contribution in [-0.2, 0) is 11.4 Å². The Morgan fingerprint density at radius 1 is 1.06 bits per heavy atom. The molecule has 0 radical (unpaired) electrons. The average Bonchev–Trinajstić information content (AvgIpc) is 2.75. The van der Waals surface area contributed by atoms with E-state index in [0.717, 1.165) is 25.6 Å². The van der Waals surface area contributed by atoms with E-state index in [1.165, 1.54) is 0 Å². The molecule has 0 aromatic heterocycles. The second kappa shape index (κ2) is 10.4. The molecule has 0 saturated heterocycles. The van der Waals surface area contributed by atoms with Gasteiger partial charge in [-0.15, -0.1) is 0 Å². The smallest absolute Gasteiger partial charge is 0.266 e. The van der Waals surface area contributed by atoms with Gasteiger partial charge in [0, 0.05) is 5.69 Å². The fourth-order valence-electron chi connectivity index (χ4n) is 2.92. The van der Waals surface area contributed by atoms with Crippen LogP contribution in [0.2, 0.25) is 0 Å². The van der Waals surface area contributed by atoms with E-state index in [9.17, 15) is 10.1 Å². The molecule has 0 saturated carbocycles. The van der Waals surface area contributed by atoms with Crippen molar-refractivity contribution in [2.45, 2.75) is 20.5 Å². The van der Waals surface area contributed by atoms with Crippen molar-refractivity contribution in [3.05, 3.63) is 97.4 Å². The first kappa shape index (κ1) is 22.8. The predicted molar refractivity (Wildman–Crippen MR) is 131 cm³/mol. The first-order valence-corrected chi connectivity index (χ1v) is 11.1. The Balaban J connectivity index is 1.80. The van der Waals surface area contributed by atoms with Crippen molar-refractivity contribution < 1.29 is 9.53 Å². The van der Waals surface area contributed by atoms with E-state index in [0.29, 0.717) is 23.6 Å². The zero-order chi connectivity index (χ0) is 22.4.